The second-order valence-corrected chi connectivity index (χ2v) is 8.97. The summed E-state index contributed by atoms with van der Waals surface area (Å²) >= 11 is 3.20. The van der Waals surface area contributed by atoms with E-state index >= 15 is 0 Å². The van der Waals surface area contributed by atoms with Crippen LogP contribution in [0.1, 0.15) is 21.9 Å². The van der Waals surface area contributed by atoms with Crippen LogP contribution < -0.4 is 10.9 Å². The number of hydrogen-bond acceptors (Lipinski definition) is 4. The summed E-state index contributed by atoms with van der Waals surface area (Å²) in [7, 11) is 1.66. The van der Waals surface area contributed by atoms with Gasteiger partial charge in [0.15, 0.2) is 17.0 Å². The van der Waals surface area contributed by atoms with Crippen LogP contribution >= 0.6 is 15.9 Å². The lowest BCUT2D eigenvalue weighted by Gasteiger charge is -2.11. The molecular weight excluding hydrogens is 553 g/mol. The van der Waals surface area contributed by atoms with Crippen molar-refractivity contribution in [1.29, 1.82) is 0 Å². The van der Waals surface area contributed by atoms with E-state index < -0.39 is 23.3 Å². The number of carbonyl (C=O) groups excluding carboxylic acids is 1. The predicted octanol–water partition coefficient (Wildman–Crippen LogP) is 5.23. The Hall–Kier alpha value is -4.19. The summed E-state index contributed by atoms with van der Waals surface area (Å²) < 4.78 is 45.4. The molecule has 0 fully saturated rings. The number of hydrogen-bond donors (Lipinski definition) is 1. The summed E-state index contributed by atoms with van der Waals surface area (Å²) in [6.45, 7) is 1.64. The van der Waals surface area contributed by atoms with E-state index in [1.165, 1.54) is 4.68 Å². The van der Waals surface area contributed by atoms with Crippen LogP contribution in [0.25, 0.3) is 22.6 Å². The molecule has 0 saturated carbocycles. The van der Waals surface area contributed by atoms with Crippen LogP contribution in [0.2, 0.25) is 0 Å². The molecule has 0 bridgehead atoms. The van der Waals surface area contributed by atoms with Crippen molar-refractivity contribution in [3.63, 3.8) is 0 Å². The number of carbonyl (C=O) groups is 1. The van der Waals surface area contributed by atoms with E-state index in [9.17, 15) is 22.8 Å². The second-order valence-electron chi connectivity index (χ2n) is 8.18. The van der Waals surface area contributed by atoms with Gasteiger partial charge in [0, 0.05) is 12.6 Å². The zero-order valence-electron chi connectivity index (χ0n) is 19.4. The third kappa shape index (κ3) is 4.22. The molecule has 0 atom stereocenters. The number of fused-ring (bicyclic) bond motifs is 1. The van der Waals surface area contributed by atoms with Crippen LogP contribution in [-0.2, 0) is 13.2 Å². The molecule has 1 N–H and O–H groups in total. The van der Waals surface area contributed by atoms with Crippen LogP contribution in [0, 0.1) is 6.92 Å². The molecule has 37 heavy (non-hydrogen) atoms. The topological polar surface area (TPSA) is 86.2 Å². The van der Waals surface area contributed by atoms with Crippen LogP contribution in [0.5, 0.6) is 0 Å². The number of nitrogens with zero attached hydrogens (tertiary/aromatic N) is 5. The number of nitrogens with one attached hydrogen (secondary N) is 1. The number of rotatable bonds is 4. The first-order chi connectivity index (χ1) is 17.6. The summed E-state index contributed by atoms with van der Waals surface area (Å²) in [6, 6.07) is 18.1. The lowest BCUT2D eigenvalue weighted by molar-refractivity contribution is -0.142. The Labute approximate surface area is 216 Å². The van der Waals surface area contributed by atoms with E-state index in [2.05, 4.69) is 31.3 Å². The maximum atomic E-state index is 14.0. The number of para-hydroxylation sites is 1. The zero-order valence-corrected chi connectivity index (χ0v) is 21.0. The van der Waals surface area contributed by atoms with E-state index in [0.29, 0.717) is 21.5 Å². The lowest BCUT2D eigenvalue weighted by Crippen LogP contribution is -2.23. The number of benzene rings is 2. The molecule has 0 radical (unpaired) electrons. The average Bonchev–Trinajstić information content (AvgIpc) is 3.32. The molecule has 2 aromatic carbocycles. The highest BCUT2D eigenvalue weighted by Crippen LogP contribution is 2.34. The van der Waals surface area contributed by atoms with Crippen LogP contribution in [0.4, 0.5) is 18.9 Å². The first-order valence-electron chi connectivity index (χ1n) is 10.9. The molecule has 8 nitrogen and oxygen atoms in total. The minimum Gasteiger partial charge on any atom is -0.314 e. The van der Waals surface area contributed by atoms with Gasteiger partial charge in [0.05, 0.1) is 21.5 Å². The van der Waals surface area contributed by atoms with Crippen molar-refractivity contribution >= 4 is 33.2 Å². The molecular formula is C25H18BrF3N6O2. The van der Waals surface area contributed by atoms with Crippen molar-refractivity contribution in [1.82, 2.24) is 24.0 Å². The smallest absolute Gasteiger partial charge is 0.314 e. The van der Waals surface area contributed by atoms with E-state index in [-0.39, 0.29) is 27.2 Å². The molecule has 0 spiro atoms. The maximum absolute atomic E-state index is 14.0. The number of anilines is 1. The van der Waals surface area contributed by atoms with Gasteiger partial charge < -0.3 is 5.32 Å². The first-order valence-corrected chi connectivity index (χ1v) is 11.7. The van der Waals surface area contributed by atoms with Gasteiger partial charge in [-0.25, -0.2) is 14.2 Å². The van der Waals surface area contributed by atoms with Crippen molar-refractivity contribution in [2.75, 3.05) is 5.32 Å². The third-order valence-electron chi connectivity index (χ3n) is 5.90. The molecule has 0 unspecified atom stereocenters. The van der Waals surface area contributed by atoms with Gasteiger partial charge in [-0.3, -0.25) is 14.3 Å². The Morgan fingerprint density at radius 1 is 1.03 bits per heavy atom. The number of alkyl halides is 3. The molecule has 3 heterocycles. The average molecular weight is 571 g/mol. The van der Waals surface area contributed by atoms with Crippen molar-refractivity contribution < 1.29 is 18.0 Å². The minimum absolute atomic E-state index is 0.0192. The molecule has 5 aromatic rings. The van der Waals surface area contributed by atoms with Gasteiger partial charge >= 0.3 is 6.18 Å². The summed E-state index contributed by atoms with van der Waals surface area (Å²) in [4.78, 5) is 30.7. The van der Waals surface area contributed by atoms with Crippen molar-refractivity contribution in [3.05, 3.63) is 98.6 Å². The van der Waals surface area contributed by atoms with E-state index in [1.54, 1.807) is 79.3 Å². The second kappa shape index (κ2) is 9.04. The Balaban J connectivity index is 1.61. The van der Waals surface area contributed by atoms with Gasteiger partial charge in [-0.15, -0.1) is 0 Å². The van der Waals surface area contributed by atoms with Crippen LogP contribution in [0.15, 0.2) is 76.0 Å². The van der Waals surface area contributed by atoms with Gasteiger partial charge in [0.25, 0.3) is 11.5 Å². The highest BCUT2D eigenvalue weighted by atomic mass is 79.9. The number of amides is 1. The Bertz CT molecular complexity index is 1710. The summed E-state index contributed by atoms with van der Waals surface area (Å²) in [5, 5.41) is 6.44. The SMILES string of the molecule is Cc1c(NC(=O)c2nn3c(C(F)(F)F)cc(-c4ccccc4)nc3c2Br)c(=O)n(-c2ccccc2)n1C. The van der Waals surface area contributed by atoms with Crippen molar-refractivity contribution in [2.24, 2.45) is 7.05 Å². The summed E-state index contributed by atoms with van der Waals surface area (Å²) in [5.74, 6) is -0.863. The van der Waals surface area contributed by atoms with Gasteiger partial charge in [-0.05, 0) is 41.1 Å². The van der Waals surface area contributed by atoms with E-state index in [4.69, 9.17) is 0 Å². The molecule has 0 aliphatic heterocycles. The van der Waals surface area contributed by atoms with E-state index in [1.807, 2.05) is 0 Å². The highest BCUT2D eigenvalue weighted by Gasteiger charge is 2.37. The van der Waals surface area contributed by atoms with Gasteiger partial charge in [0.1, 0.15) is 5.69 Å². The molecule has 1 amide bonds. The fourth-order valence-corrected chi connectivity index (χ4v) is 4.50. The van der Waals surface area contributed by atoms with Gasteiger partial charge in [0.2, 0.25) is 0 Å². The fraction of sp³-hybridized carbons (Fsp3) is 0.120. The van der Waals surface area contributed by atoms with E-state index in [0.717, 1.165) is 6.07 Å². The summed E-state index contributed by atoms with van der Waals surface area (Å²) in [6.07, 6.45) is -4.77. The third-order valence-corrected chi connectivity index (χ3v) is 6.63. The zero-order chi connectivity index (χ0) is 26.5. The highest BCUT2D eigenvalue weighted by molar-refractivity contribution is 9.10. The first kappa shape index (κ1) is 24.5. The normalized spacial score (nSPS) is 11.7. The largest absolute Gasteiger partial charge is 0.433 e. The molecule has 0 saturated heterocycles. The van der Waals surface area contributed by atoms with Crippen molar-refractivity contribution in [3.8, 4) is 16.9 Å². The fourth-order valence-electron chi connectivity index (χ4n) is 3.98. The Kier molecular flexibility index (Phi) is 5.98. The van der Waals surface area contributed by atoms with Gasteiger partial charge in [-0.2, -0.15) is 18.3 Å². The Morgan fingerprint density at radius 2 is 1.65 bits per heavy atom. The standard InChI is InChI=1S/C25H18BrF3N6O2/c1-14-20(24(37)35(33(14)2)16-11-7-4-8-12-16)31-23(36)21-19(26)22-30-17(15-9-5-3-6-10-15)13-18(25(27,28)29)34(22)32-21/h3-13H,1-2H3,(H,31,36). The lowest BCUT2D eigenvalue weighted by atomic mass is 10.1. The molecule has 5 rings (SSSR count). The molecule has 12 heteroatoms. The van der Waals surface area contributed by atoms with Crippen molar-refractivity contribution in [2.45, 2.75) is 13.1 Å². The molecule has 0 aliphatic carbocycles. The predicted molar refractivity (Wildman–Crippen MR) is 135 cm³/mol. The molecule has 0 aliphatic rings. The van der Waals surface area contributed by atoms with Crippen LogP contribution in [0.3, 0.4) is 0 Å². The van der Waals surface area contributed by atoms with Gasteiger partial charge in [-0.1, -0.05) is 48.5 Å². The monoisotopic (exact) mass is 570 g/mol. The quantitative estimate of drug-likeness (QED) is 0.320. The molecule has 188 valence electrons. The number of aromatic nitrogens is 5. The maximum Gasteiger partial charge on any atom is 0.433 e. The van der Waals surface area contributed by atoms with Crippen LogP contribution in [-0.4, -0.2) is 29.9 Å². The Morgan fingerprint density at radius 3 is 2.27 bits per heavy atom. The summed E-state index contributed by atoms with van der Waals surface area (Å²) in [5.41, 5.74) is -0.591. The molecule has 3 aromatic heterocycles. The number of halogens is 4. The minimum atomic E-state index is -4.77.